The van der Waals surface area contributed by atoms with E-state index >= 15 is 0 Å². The van der Waals surface area contributed by atoms with Gasteiger partial charge in [0, 0.05) is 10.5 Å². The van der Waals surface area contributed by atoms with Gasteiger partial charge in [-0.1, -0.05) is 15.9 Å². The molecule has 3 rings (SSSR count). The SMILES string of the molecule is N#Cc1cc(Br)ccc1Nc1cc2[nH]c(=O)oc2cc1N. The highest BCUT2D eigenvalue weighted by molar-refractivity contribution is 9.10. The molecule has 4 N–H and O–H groups in total. The Morgan fingerprint density at radius 2 is 2.10 bits per heavy atom. The van der Waals surface area contributed by atoms with Crippen molar-refractivity contribution in [3.8, 4) is 6.07 Å². The lowest BCUT2D eigenvalue weighted by Crippen LogP contribution is -1.98. The van der Waals surface area contributed by atoms with Gasteiger partial charge in [0.1, 0.15) is 6.07 Å². The van der Waals surface area contributed by atoms with Crippen molar-refractivity contribution in [3.05, 3.63) is 50.9 Å². The van der Waals surface area contributed by atoms with Crippen LogP contribution in [0.1, 0.15) is 5.56 Å². The van der Waals surface area contributed by atoms with Crippen LogP contribution >= 0.6 is 15.9 Å². The zero-order chi connectivity index (χ0) is 15.0. The Labute approximate surface area is 127 Å². The largest absolute Gasteiger partial charge is 0.417 e. The van der Waals surface area contributed by atoms with Crippen molar-refractivity contribution in [2.24, 2.45) is 0 Å². The summed E-state index contributed by atoms with van der Waals surface area (Å²) in [5, 5.41) is 12.2. The molecule has 0 radical (unpaired) electrons. The number of nitrogens with zero attached hydrogens (tertiary/aromatic N) is 1. The lowest BCUT2D eigenvalue weighted by atomic mass is 10.1. The summed E-state index contributed by atoms with van der Waals surface area (Å²) in [6.45, 7) is 0. The number of anilines is 3. The predicted octanol–water partition coefficient (Wildman–Crippen LogP) is 3.08. The fourth-order valence-corrected chi connectivity index (χ4v) is 2.35. The molecule has 0 aliphatic heterocycles. The number of benzene rings is 2. The van der Waals surface area contributed by atoms with Gasteiger partial charge < -0.3 is 15.5 Å². The molecule has 0 saturated heterocycles. The van der Waals surface area contributed by atoms with E-state index in [4.69, 9.17) is 15.4 Å². The van der Waals surface area contributed by atoms with Gasteiger partial charge in [-0.15, -0.1) is 0 Å². The number of hydrogen-bond acceptors (Lipinski definition) is 5. The molecule has 0 fully saturated rings. The van der Waals surface area contributed by atoms with Gasteiger partial charge in [0.25, 0.3) is 0 Å². The Bertz CT molecular complexity index is 936. The van der Waals surface area contributed by atoms with Gasteiger partial charge in [0.2, 0.25) is 0 Å². The predicted molar refractivity (Wildman–Crippen MR) is 83.4 cm³/mol. The highest BCUT2D eigenvalue weighted by Crippen LogP contribution is 2.29. The minimum Gasteiger partial charge on any atom is -0.408 e. The Morgan fingerprint density at radius 3 is 2.86 bits per heavy atom. The van der Waals surface area contributed by atoms with E-state index in [1.165, 1.54) is 0 Å². The molecule has 6 nitrogen and oxygen atoms in total. The number of aromatic amines is 1. The third-order valence-electron chi connectivity index (χ3n) is 2.96. The maximum Gasteiger partial charge on any atom is 0.417 e. The molecule has 0 aliphatic rings. The first-order valence-electron chi connectivity index (χ1n) is 5.96. The minimum atomic E-state index is -0.539. The number of nitrogen functional groups attached to an aromatic ring is 1. The number of fused-ring (bicyclic) bond motifs is 1. The van der Waals surface area contributed by atoms with Crippen LogP contribution in [0.3, 0.4) is 0 Å². The fourth-order valence-electron chi connectivity index (χ4n) is 1.98. The van der Waals surface area contributed by atoms with Crippen LogP contribution in [0.2, 0.25) is 0 Å². The van der Waals surface area contributed by atoms with Gasteiger partial charge in [0.15, 0.2) is 5.58 Å². The van der Waals surface area contributed by atoms with Crippen molar-refractivity contribution in [3.63, 3.8) is 0 Å². The molecule has 0 atom stereocenters. The third-order valence-corrected chi connectivity index (χ3v) is 3.46. The normalized spacial score (nSPS) is 10.5. The van der Waals surface area contributed by atoms with Crippen molar-refractivity contribution < 1.29 is 4.42 Å². The van der Waals surface area contributed by atoms with E-state index < -0.39 is 5.76 Å². The molecule has 3 aromatic rings. The number of nitriles is 1. The Hall–Kier alpha value is -2.72. The van der Waals surface area contributed by atoms with Gasteiger partial charge >= 0.3 is 5.76 Å². The molecule has 1 aromatic heterocycles. The molecule has 0 spiro atoms. The average molecular weight is 345 g/mol. The number of nitrogens with two attached hydrogens (primary N) is 1. The molecule has 0 unspecified atom stereocenters. The zero-order valence-electron chi connectivity index (χ0n) is 10.6. The lowest BCUT2D eigenvalue weighted by Gasteiger charge is -2.11. The smallest absolute Gasteiger partial charge is 0.408 e. The van der Waals surface area contributed by atoms with Crippen LogP contribution in [0.25, 0.3) is 11.1 Å². The number of H-pyrrole nitrogens is 1. The highest BCUT2D eigenvalue weighted by Gasteiger charge is 2.09. The number of nitrogens with one attached hydrogen (secondary N) is 2. The van der Waals surface area contributed by atoms with E-state index in [0.29, 0.717) is 33.7 Å². The maximum absolute atomic E-state index is 11.2. The van der Waals surface area contributed by atoms with Gasteiger partial charge in [-0.05, 0) is 24.3 Å². The number of halogens is 1. The summed E-state index contributed by atoms with van der Waals surface area (Å²) in [6.07, 6.45) is 0. The quantitative estimate of drug-likeness (QED) is 0.619. The molecule has 104 valence electrons. The van der Waals surface area contributed by atoms with Gasteiger partial charge in [-0.3, -0.25) is 4.98 Å². The number of oxazole rings is 1. The molecule has 1 heterocycles. The molecule has 7 heteroatoms. The van der Waals surface area contributed by atoms with Crippen LogP contribution in [0.15, 0.2) is 44.0 Å². The van der Waals surface area contributed by atoms with Crippen LogP contribution in [-0.4, -0.2) is 4.98 Å². The summed E-state index contributed by atoms with van der Waals surface area (Å²) in [5.74, 6) is -0.539. The summed E-state index contributed by atoms with van der Waals surface area (Å²) >= 11 is 3.32. The summed E-state index contributed by atoms with van der Waals surface area (Å²) in [4.78, 5) is 13.7. The van der Waals surface area contributed by atoms with Crippen LogP contribution in [0.4, 0.5) is 17.1 Å². The minimum absolute atomic E-state index is 0.388. The van der Waals surface area contributed by atoms with Crippen molar-refractivity contribution in [2.75, 3.05) is 11.1 Å². The van der Waals surface area contributed by atoms with Crippen molar-refractivity contribution in [1.29, 1.82) is 5.26 Å². The van der Waals surface area contributed by atoms with E-state index in [1.807, 2.05) is 6.07 Å². The summed E-state index contributed by atoms with van der Waals surface area (Å²) in [6, 6.07) is 10.6. The van der Waals surface area contributed by atoms with E-state index in [2.05, 4.69) is 32.3 Å². The Morgan fingerprint density at radius 1 is 1.29 bits per heavy atom. The molecular weight excluding hydrogens is 336 g/mol. The van der Waals surface area contributed by atoms with Gasteiger partial charge in [-0.25, -0.2) is 4.79 Å². The molecular formula is C14H9BrN4O2. The van der Waals surface area contributed by atoms with Crippen molar-refractivity contribution >= 4 is 44.1 Å². The Kier molecular flexibility index (Phi) is 3.16. The molecule has 0 bridgehead atoms. The lowest BCUT2D eigenvalue weighted by molar-refractivity contribution is 0.555. The highest BCUT2D eigenvalue weighted by atomic mass is 79.9. The summed E-state index contributed by atoms with van der Waals surface area (Å²) < 4.78 is 5.75. The van der Waals surface area contributed by atoms with E-state index in [0.717, 1.165) is 4.47 Å². The number of hydrogen-bond donors (Lipinski definition) is 3. The third kappa shape index (κ3) is 2.49. The topological polar surface area (TPSA) is 108 Å². The van der Waals surface area contributed by atoms with Crippen molar-refractivity contribution in [2.45, 2.75) is 0 Å². The molecule has 0 aliphatic carbocycles. The van der Waals surface area contributed by atoms with E-state index in [9.17, 15) is 4.79 Å². The molecule has 0 saturated carbocycles. The van der Waals surface area contributed by atoms with Crippen molar-refractivity contribution in [1.82, 2.24) is 4.98 Å². The first-order chi connectivity index (χ1) is 10.1. The van der Waals surface area contributed by atoms with Gasteiger partial charge in [0.05, 0.1) is 28.1 Å². The van der Waals surface area contributed by atoms with E-state index in [-0.39, 0.29) is 0 Å². The Balaban J connectivity index is 2.07. The average Bonchev–Trinajstić information content (AvgIpc) is 2.80. The van der Waals surface area contributed by atoms with Gasteiger partial charge in [-0.2, -0.15) is 5.26 Å². The first-order valence-corrected chi connectivity index (χ1v) is 6.75. The monoisotopic (exact) mass is 344 g/mol. The number of aromatic nitrogens is 1. The molecule has 2 aromatic carbocycles. The molecule has 21 heavy (non-hydrogen) atoms. The standard InChI is InChI=1S/C14H9BrN4O2/c15-8-1-2-10(7(3-8)6-16)18-11-5-12-13(4-9(11)17)21-14(20)19-12/h1-5,18H,17H2,(H,19,20). The van der Waals surface area contributed by atoms with Crippen LogP contribution in [-0.2, 0) is 0 Å². The number of rotatable bonds is 2. The van der Waals surface area contributed by atoms with E-state index in [1.54, 1.807) is 24.3 Å². The molecule has 0 amide bonds. The summed E-state index contributed by atoms with van der Waals surface area (Å²) in [5.41, 5.74) is 8.95. The van der Waals surface area contributed by atoms with Crippen LogP contribution in [0, 0.1) is 11.3 Å². The first kappa shape index (κ1) is 13.3. The zero-order valence-corrected chi connectivity index (χ0v) is 12.2. The van der Waals surface area contributed by atoms with Crippen LogP contribution < -0.4 is 16.8 Å². The second kappa shape index (κ2) is 5.00. The van der Waals surface area contributed by atoms with Crippen LogP contribution in [0.5, 0.6) is 0 Å². The second-order valence-electron chi connectivity index (χ2n) is 4.38. The second-order valence-corrected chi connectivity index (χ2v) is 5.29. The fraction of sp³-hybridized carbons (Fsp3) is 0. The summed E-state index contributed by atoms with van der Waals surface area (Å²) in [7, 11) is 0. The maximum atomic E-state index is 11.2.